The predicted octanol–water partition coefficient (Wildman–Crippen LogP) is 4.23. The van der Waals surface area contributed by atoms with E-state index in [2.05, 4.69) is 15.5 Å². The highest BCUT2D eigenvalue weighted by molar-refractivity contribution is 5.67. The van der Waals surface area contributed by atoms with Crippen LogP contribution < -0.4 is 15.5 Å². The van der Waals surface area contributed by atoms with Crippen molar-refractivity contribution in [3.8, 4) is 0 Å². The Kier molecular flexibility index (Phi) is 7.99. The zero-order chi connectivity index (χ0) is 24.8. The molecule has 0 aliphatic heterocycles. The number of carbonyl (C=O) groups is 1. The van der Waals surface area contributed by atoms with E-state index in [1.165, 1.54) is 36.2 Å². The second-order valence-corrected chi connectivity index (χ2v) is 9.64. The van der Waals surface area contributed by atoms with Crippen LogP contribution in [0.4, 0.5) is 22.2 Å². The minimum absolute atomic E-state index is 0.0135. The van der Waals surface area contributed by atoms with Crippen LogP contribution in [0.5, 0.6) is 0 Å². The van der Waals surface area contributed by atoms with Crippen LogP contribution in [0.2, 0.25) is 0 Å². The molecule has 0 radical (unpaired) electrons. The van der Waals surface area contributed by atoms with Crippen molar-refractivity contribution in [3.05, 3.63) is 51.2 Å². The molecule has 188 valence electrons. The lowest BCUT2D eigenvalue weighted by Gasteiger charge is -2.30. The van der Waals surface area contributed by atoms with Crippen molar-refractivity contribution in [2.45, 2.75) is 64.0 Å². The summed E-state index contributed by atoms with van der Waals surface area (Å²) in [5.74, 6) is 2.16. The van der Waals surface area contributed by atoms with Gasteiger partial charge in [-0.05, 0) is 75.0 Å². The van der Waals surface area contributed by atoms with Crippen LogP contribution in [-0.2, 0) is 24.2 Å². The average molecular weight is 483 g/mol. The molecule has 10 nitrogen and oxygen atoms in total. The standard InChI is InChI=1S/C25H34N6O4/c1-30(2)23-21-5-3-4-6-22(21)28-24(29-23)27-19-11-7-17(8-12-19)15-26-25(32)35-16-18-9-13-20(14-10-18)31(33)34/h9-10,13-14,17,19H,3-8,11-12,15-16H2,1-2H3,(H,26,32)(H,27,28,29). The third-order valence-corrected chi connectivity index (χ3v) is 6.82. The first-order valence-corrected chi connectivity index (χ1v) is 12.4. The van der Waals surface area contributed by atoms with Gasteiger partial charge in [0.05, 0.1) is 10.6 Å². The molecule has 1 heterocycles. The van der Waals surface area contributed by atoms with E-state index in [9.17, 15) is 14.9 Å². The van der Waals surface area contributed by atoms with E-state index in [1.54, 1.807) is 12.1 Å². The van der Waals surface area contributed by atoms with Crippen molar-refractivity contribution in [2.24, 2.45) is 5.92 Å². The van der Waals surface area contributed by atoms with Crippen LogP contribution >= 0.6 is 0 Å². The summed E-state index contributed by atoms with van der Waals surface area (Å²) in [7, 11) is 4.08. The fourth-order valence-corrected chi connectivity index (χ4v) is 4.84. The molecule has 1 fully saturated rings. The molecule has 0 unspecified atom stereocenters. The van der Waals surface area contributed by atoms with Gasteiger partial charge in [0.2, 0.25) is 5.95 Å². The number of aryl methyl sites for hydroxylation is 1. The number of ether oxygens (including phenoxy) is 1. The normalized spacial score (nSPS) is 19.4. The number of nitro groups is 1. The molecule has 1 aromatic heterocycles. The number of carbonyl (C=O) groups excluding carboxylic acids is 1. The smallest absolute Gasteiger partial charge is 0.407 e. The van der Waals surface area contributed by atoms with Crippen LogP contribution in [0.15, 0.2) is 24.3 Å². The fraction of sp³-hybridized carbons (Fsp3) is 0.560. The third-order valence-electron chi connectivity index (χ3n) is 6.82. The Morgan fingerprint density at radius 2 is 1.83 bits per heavy atom. The number of anilines is 2. The van der Waals surface area contributed by atoms with Crippen LogP contribution in [0, 0.1) is 16.0 Å². The number of alkyl carbamates (subject to hydrolysis) is 1. The van der Waals surface area contributed by atoms with E-state index in [0.717, 1.165) is 50.3 Å². The average Bonchev–Trinajstić information content (AvgIpc) is 2.86. The minimum Gasteiger partial charge on any atom is -0.445 e. The van der Waals surface area contributed by atoms with Gasteiger partial charge < -0.3 is 20.3 Å². The van der Waals surface area contributed by atoms with E-state index in [0.29, 0.717) is 24.1 Å². The first-order valence-electron chi connectivity index (χ1n) is 12.4. The van der Waals surface area contributed by atoms with Gasteiger partial charge in [-0.25, -0.2) is 9.78 Å². The van der Waals surface area contributed by atoms with Gasteiger partial charge in [0.15, 0.2) is 0 Å². The Balaban J connectivity index is 1.20. The van der Waals surface area contributed by atoms with Crippen molar-refractivity contribution in [3.63, 3.8) is 0 Å². The van der Waals surface area contributed by atoms with Crippen LogP contribution in [-0.4, -0.2) is 47.7 Å². The Morgan fingerprint density at radius 1 is 1.11 bits per heavy atom. The number of nitrogens with one attached hydrogen (secondary N) is 2. The van der Waals surface area contributed by atoms with E-state index in [1.807, 2.05) is 14.1 Å². The topological polar surface area (TPSA) is 123 Å². The maximum Gasteiger partial charge on any atom is 0.407 e. The molecule has 2 aliphatic rings. The second kappa shape index (κ2) is 11.3. The first kappa shape index (κ1) is 24.7. The number of hydrogen-bond donors (Lipinski definition) is 2. The molecule has 0 atom stereocenters. The summed E-state index contributed by atoms with van der Waals surface area (Å²) in [4.78, 5) is 34.1. The van der Waals surface area contributed by atoms with Crippen LogP contribution in [0.3, 0.4) is 0 Å². The summed E-state index contributed by atoms with van der Waals surface area (Å²) in [5.41, 5.74) is 3.20. The molecule has 2 N–H and O–H groups in total. The number of aromatic nitrogens is 2. The van der Waals surface area contributed by atoms with Gasteiger partial charge >= 0.3 is 6.09 Å². The Hall–Kier alpha value is -3.43. The van der Waals surface area contributed by atoms with Crippen LogP contribution in [0.25, 0.3) is 0 Å². The molecule has 0 bridgehead atoms. The molecule has 2 aliphatic carbocycles. The molecule has 0 saturated heterocycles. The fourth-order valence-electron chi connectivity index (χ4n) is 4.84. The highest BCUT2D eigenvalue weighted by Gasteiger charge is 2.24. The van der Waals surface area contributed by atoms with E-state index >= 15 is 0 Å². The van der Waals surface area contributed by atoms with Gasteiger partial charge in [0.25, 0.3) is 5.69 Å². The summed E-state index contributed by atoms with van der Waals surface area (Å²) < 4.78 is 5.24. The highest BCUT2D eigenvalue weighted by atomic mass is 16.6. The van der Waals surface area contributed by atoms with E-state index < -0.39 is 11.0 Å². The summed E-state index contributed by atoms with van der Waals surface area (Å²) in [6.07, 6.45) is 8.00. The molecule has 1 saturated carbocycles. The van der Waals surface area contributed by atoms with Crippen molar-refractivity contribution in [1.29, 1.82) is 0 Å². The number of rotatable bonds is 8. The monoisotopic (exact) mass is 482 g/mol. The molecular formula is C25H34N6O4. The predicted molar refractivity (Wildman–Crippen MR) is 134 cm³/mol. The zero-order valence-electron chi connectivity index (χ0n) is 20.5. The number of benzene rings is 1. The Bertz CT molecular complexity index is 1030. The number of fused-ring (bicyclic) bond motifs is 1. The maximum absolute atomic E-state index is 12.1. The Labute approximate surface area is 205 Å². The van der Waals surface area contributed by atoms with Gasteiger partial charge in [0.1, 0.15) is 12.4 Å². The van der Waals surface area contributed by atoms with Gasteiger partial charge in [-0.1, -0.05) is 0 Å². The SMILES string of the molecule is CN(C)c1nc(NC2CCC(CNC(=O)OCc3ccc([N+](=O)[O-])cc3)CC2)nc2c1CCCC2. The molecule has 35 heavy (non-hydrogen) atoms. The molecule has 0 spiro atoms. The highest BCUT2D eigenvalue weighted by Crippen LogP contribution is 2.30. The lowest BCUT2D eigenvalue weighted by atomic mass is 9.86. The van der Waals surface area contributed by atoms with Gasteiger partial charge in [-0.2, -0.15) is 4.98 Å². The number of non-ortho nitro benzene ring substituents is 1. The maximum atomic E-state index is 12.1. The molecule has 2 aromatic rings. The lowest BCUT2D eigenvalue weighted by Crippen LogP contribution is -2.34. The third kappa shape index (κ3) is 6.58. The zero-order valence-corrected chi connectivity index (χ0v) is 20.5. The van der Waals surface area contributed by atoms with Gasteiger partial charge in [-0.3, -0.25) is 10.1 Å². The molecular weight excluding hydrogens is 448 g/mol. The van der Waals surface area contributed by atoms with E-state index in [4.69, 9.17) is 14.7 Å². The lowest BCUT2D eigenvalue weighted by molar-refractivity contribution is -0.384. The van der Waals surface area contributed by atoms with Crippen molar-refractivity contribution >= 4 is 23.5 Å². The molecule has 1 aromatic carbocycles. The number of hydrogen-bond acceptors (Lipinski definition) is 8. The molecule has 1 amide bonds. The first-order chi connectivity index (χ1) is 16.9. The number of nitrogens with zero attached hydrogens (tertiary/aromatic N) is 4. The number of amides is 1. The van der Waals surface area contributed by atoms with Gasteiger partial charge in [0, 0.05) is 44.4 Å². The summed E-state index contributed by atoms with van der Waals surface area (Å²) in [6.45, 7) is 0.655. The molecule has 10 heteroatoms. The van der Waals surface area contributed by atoms with Crippen molar-refractivity contribution in [1.82, 2.24) is 15.3 Å². The number of nitro benzene ring substituents is 1. The second-order valence-electron chi connectivity index (χ2n) is 9.64. The van der Waals surface area contributed by atoms with Gasteiger partial charge in [-0.15, -0.1) is 0 Å². The van der Waals surface area contributed by atoms with Crippen LogP contribution in [0.1, 0.15) is 55.3 Å². The molecule has 4 rings (SSSR count). The largest absolute Gasteiger partial charge is 0.445 e. The van der Waals surface area contributed by atoms with E-state index in [-0.39, 0.29) is 12.3 Å². The summed E-state index contributed by atoms with van der Waals surface area (Å²) in [6, 6.07) is 6.32. The minimum atomic E-state index is -0.470. The van der Waals surface area contributed by atoms with Crippen molar-refractivity contribution < 1.29 is 14.5 Å². The summed E-state index contributed by atoms with van der Waals surface area (Å²) in [5, 5.41) is 17.1. The van der Waals surface area contributed by atoms with Crippen molar-refractivity contribution in [2.75, 3.05) is 30.9 Å². The Morgan fingerprint density at radius 3 is 2.51 bits per heavy atom. The quantitative estimate of drug-likeness (QED) is 0.423. The summed E-state index contributed by atoms with van der Waals surface area (Å²) >= 11 is 0.